The van der Waals surface area contributed by atoms with Gasteiger partial charge in [-0.2, -0.15) is 0 Å². The Labute approximate surface area is 82.7 Å². The van der Waals surface area contributed by atoms with Crippen LogP contribution in [0.25, 0.3) is 0 Å². The standard InChI is InChI=1S/C8H7Br2O/c1-5(11)8-6(9)3-2-4-7(8)10/h2-5H,1H3. The van der Waals surface area contributed by atoms with Crippen LogP contribution < -0.4 is 0 Å². The molecule has 0 aromatic heterocycles. The van der Waals surface area contributed by atoms with E-state index >= 15 is 0 Å². The summed E-state index contributed by atoms with van der Waals surface area (Å²) in [5, 5.41) is 11.1. The summed E-state index contributed by atoms with van der Waals surface area (Å²) in [6.45, 7) is 1.63. The summed E-state index contributed by atoms with van der Waals surface area (Å²) in [6.07, 6.45) is -0.694. The third-order valence-corrected chi connectivity index (χ3v) is 2.79. The Kier molecular flexibility index (Phi) is 3.10. The highest BCUT2D eigenvalue weighted by Gasteiger charge is 2.10. The van der Waals surface area contributed by atoms with Crippen molar-refractivity contribution in [3.8, 4) is 0 Å². The Balaban J connectivity index is 3.21. The maximum Gasteiger partial charge on any atom is 0.117 e. The van der Waals surface area contributed by atoms with E-state index in [1.54, 1.807) is 6.92 Å². The first-order chi connectivity index (χ1) is 5.13. The zero-order valence-electron chi connectivity index (χ0n) is 5.97. The third-order valence-electron chi connectivity index (χ3n) is 1.41. The smallest absolute Gasteiger partial charge is 0.117 e. The van der Waals surface area contributed by atoms with Gasteiger partial charge in [0.2, 0.25) is 0 Å². The molecule has 0 N–H and O–H groups in total. The van der Waals surface area contributed by atoms with Gasteiger partial charge in [0, 0.05) is 14.5 Å². The first-order valence-electron chi connectivity index (χ1n) is 3.22. The monoisotopic (exact) mass is 277 g/mol. The van der Waals surface area contributed by atoms with Gasteiger partial charge in [0.15, 0.2) is 0 Å². The molecule has 0 aliphatic carbocycles. The SMILES string of the molecule is CC([O])c1c(Br)cccc1Br. The van der Waals surface area contributed by atoms with Crippen molar-refractivity contribution in [1.82, 2.24) is 0 Å². The van der Waals surface area contributed by atoms with Crippen LogP contribution in [0.4, 0.5) is 0 Å². The molecule has 0 aliphatic heterocycles. The number of hydrogen-bond acceptors (Lipinski definition) is 0. The summed E-state index contributed by atoms with van der Waals surface area (Å²) in [5.74, 6) is 0. The lowest BCUT2D eigenvalue weighted by Gasteiger charge is -2.07. The molecule has 1 rings (SSSR count). The molecule has 1 atom stereocenters. The number of halogens is 2. The number of hydrogen-bond donors (Lipinski definition) is 0. The lowest BCUT2D eigenvalue weighted by Crippen LogP contribution is -1.91. The van der Waals surface area contributed by atoms with Crippen LogP contribution >= 0.6 is 31.9 Å². The molecule has 1 unspecified atom stereocenters. The fourth-order valence-corrected chi connectivity index (χ4v) is 2.54. The maximum absolute atomic E-state index is 11.1. The third kappa shape index (κ3) is 2.04. The molecule has 59 valence electrons. The van der Waals surface area contributed by atoms with E-state index < -0.39 is 6.10 Å². The molecule has 0 bridgehead atoms. The van der Waals surface area contributed by atoms with Crippen molar-refractivity contribution in [2.24, 2.45) is 0 Å². The summed E-state index contributed by atoms with van der Waals surface area (Å²) in [7, 11) is 0. The molecule has 0 aliphatic rings. The van der Waals surface area contributed by atoms with Crippen molar-refractivity contribution < 1.29 is 5.11 Å². The summed E-state index contributed by atoms with van der Waals surface area (Å²) in [5.41, 5.74) is 0.785. The molecule has 0 saturated heterocycles. The van der Waals surface area contributed by atoms with E-state index in [4.69, 9.17) is 0 Å². The van der Waals surface area contributed by atoms with Crippen LogP contribution in [-0.2, 0) is 5.11 Å². The number of benzene rings is 1. The molecule has 11 heavy (non-hydrogen) atoms. The van der Waals surface area contributed by atoms with Crippen LogP contribution in [0.1, 0.15) is 18.6 Å². The molecule has 1 radical (unpaired) electrons. The predicted octanol–water partition coefficient (Wildman–Crippen LogP) is 3.70. The van der Waals surface area contributed by atoms with E-state index in [-0.39, 0.29) is 0 Å². The van der Waals surface area contributed by atoms with Gasteiger partial charge >= 0.3 is 0 Å². The average molecular weight is 279 g/mol. The molecule has 3 heteroatoms. The molecule has 1 aromatic rings. The van der Waals surface area contributed by atoms with E-state index in [0.717, 1.165) is 14.5 Å². The molecule has 0 heterocycles. The summed E-state index contributed by atoms with van der Waals surface area (Å²) < 4.78 is 1.74. The van der Waals surface area contributed by atoms with Gasteiger partial charge in [0.25, 0.3) is 0 Å². The van der Waals surface area contributed by atoms with E-state index in [0.29, 0.717) is 0 Å². The van der Waals surface area contributed by atoms with Crippen LogP contribution in [0.15, 0.2) is 27.1 Å². The first-order valence-corrected chi connectivity index (χ1v) is 4.81. The molecular weight excluding hydrogens is 272 g/mol. The average Bonchev–Trinajstić information content (AvgIpc) is 1.85. The Morgan fingerprint density at radius 1 is 1.27 bits per heavy atom. The minimum Gasteiger partial charge on any atom is -0.228 e. The van der Waals surface area contributed by atoms with E-state index in [9.17, 15) is 5.11 Å². The van der Waals surface area contributed by atoms with Crippen LogP contribution in [0.5, 0.6) is 0 Å². The Morgan fingerprint density at radius 3 is 2.00 bits per heavy atom. The van der Waals surface area contributed by atoms with Gasteiger partial charge in [0.05, 0.1) is 0 Å². The summed E-state index contributed by atoms with van der Waals surface area (Å²) in [4.78, 5) is 0. The fraction of sp³-hybridized carbons (Fsp3) is 0.250. The molecular formula is C8H7Br2O. The van der Waals surface area contributed by atoms with Crippen molar-refractivity contribution >= 4 is 31.9 Å². The van der Waals surface area contributed by atoms with Crippen LogP contribution in [0, 0.1) is 0 Å². The molecule has 0 amide bonds. The molecule has 1 nitrogen and oxygen atoms in total. The highest BCUT2D eigenvalue weighted by Crippen LogP contribution is 2.30. The van der Waals surface area contributed by atoms with Crippen LogP contribution in [-0.4, -0.2) is 0 Å². The first kappa shape index (κ1) is 9.23. The van der Waals surface area contributed by atoms with E-state index in [2.05, 4.69) is 31.9 Å². The zero-order chi connectivity index (χ0) is 8.43. The summed E-state index contributed by atoms with van der Waals surface area (Å²) >= 11 is 6.64. The lowest BCUT2D eigenvalue weighted by molar-refractivity contribution is 0.105. The predicted molar refractivity (Wildman–Crippen MR) is 50.9 cm³/mol. The zero-order valence-corrected chi connectivity index (χ0v) is 9.15. The van der Waals surface area contributed by atoms with Crippen molar-refractivity contribution in [3.05, 3.63) is 32.7 Å². The van der Waals surface area contributed by atoms with Crippen LogP contribution in [0.3, 0.4) is 0 Å². The lowest BCUT2D eigenvalue weighted by atomic mass is 10.1. The minimum absolute atomic E-state index is 0.694. The Bertz CT molecular complexity index is 238. The van der Waals surface area contributed by atoms with Crippen molar-refractivity contribution in [1.29, 1.82) is 0 Å². The second kappa shape index (κ2) is 3.70. The van der Waals surface area contributed by atoms with Crippen LogP contribution in [0.2, 0.25) is 0 Å². The van der Waals surface area contributed by atoms with E-state index in [1.165, 1.54) is 0 Å². The van der Waals surface area contributed by atoms with Crippen molar-refractivity contribution in [3.63, 3.8) is 0 Å². The number of rotatable bonds is 1. The highest BCUT2D eigenvalue weighted by atomic mass is 79.9. The van der Waals surface area contributed by atoms with Gasteiger partial charge in [-0.15, -0.1) is 0 Å². The maximum atomic E-state index is 11.1. The molecule has 0 spiro atoms. The van der Waals surface area contributed by atoms with Gasteiger partial charge in [-0.25, -0.2) is 5.11 Å². The quantitative estimate of drug-likeness (QED) is 0.747. The molecule has 0 saturated carbocycles. The van der Waals surface area contributed by atoms with Crippen molar-refractivity contribution in [2.45, 2.75) is 13.0 Å². The summed E-state index contributed by atoms with van der Waals surface area (Å²) in [6, 6.07) is 5.63. The topological polar surface area (TPSA) is 19.9 Å². The second-order valence-corrected chi connectivity index (χ2v) is 3.99. The van der Waals surface area contributed by atoms with E-state index in [1.807, 2.05) is 18.2 Å². The van der Waals surface area contributed by atoms with Gasteiger partial charge in [-0.1, -0.05) is 37.9 Å². The highest BCUT2D eigenvalue weighted by molar-refractivity contribution is 9.11. The minimum atomic E-state index is -0.694. The van der Waals surface area contributed by atoms with Gasteiger partial charge in [0.1, 0.15) is 6.10 Å². The largest absolute Gasteiger partial charge is 0.228 e. The van der Waals surface area contributed by atoms with Gasteiger partial charge < -0.3 is 0 Å². The van der Waals surface area contributed by atoms with Gasteiger partial charge in [-0.05, 0) is 19.1 Å². The van der Waals surface area contributed by atoms with Gasteiger partial charge in [-0.3, -0.25) is 0 Å². The molecule has 0 fully saturated rings. The normalized spacial score (nSPS) is 13.1. The fourth-order valence-electron chi connectivity index (χ4n) is 0.899. The van der Waals surface area contributed by atoms with Crippen molar-refractivity contribution in [2.75, 3.05) is 0 Å². The Morgan fingerprint density at radius 2 is 1.73 bits per heavy atom. The second-order valence-electron chi connectivity index (χ2n) is 2.28. The molecule has 1 aromatic carbocycles. The Hall–Kier alpha value is 0.140.